The molecular formula is C11H19N5S. The second kappa shape index (κ2) is 5.44. The Labute approximate surface area is 106 Å². The minimum absolute atomic E-state index is 0.227. The van der Waals surface area contributed by atoms with Crippen LogP contribution in [0, 0.1) is 0 Å². The van der Waals surface area contributed by atoms with Gasteiger partial charge >= 0.3 is 0 Å². The number of nitrogens with zero attached hydrogens (tertiary/aromatic N) is 2. The maximum Gasteiger partial charge on any atom is 0.223 e. The SMILES string of the molecule is CCSC1CCC(Nc2cc(N)nc(N)n2)C1. The van der Waals surface area contributed by atoms with E-state index in [9.17, 15) is 0 Å². The Balaban J connectivity index is 1.93. The van der Waals surface area contributed by atoms with E-state index in [1.165, 1.54) is 25.0 Å². The van der Waals surface area contributed by atoms with Gasteiger partial charge in [0.05, 0.1) is 0 Å². The molecule has 5 N–H and O–H groups in total. The number of rotatable bonds is 4. The maximum absolute atomic E-state index is 5.63. The van der Waals surface area contributed by atoms with Crippen LogP contribution in [0.2, 0.25) is 0 Å². The summed E-state index contributed by atoms with van der Waals surface area (Å²) < 4.78 is 0. The highest BCUT2D eigenvalue weighted by Crippen LogP contribution is 2.31. The Morgan fingerprint density at radius 3 is 2.94 bits per heavy atom. The zero-order chi connectivity index (χ0) is 12.3. The van der Waals surface area contributed by atoms with Crippen molar-refractivity contribution in [2.75, 3.05) is 22.5 Å². The number of hydrogen-bond donors (Lipinski definition) is 3. The van der Waals surface area contributed by atoms with Gasteiger partial charge in [0.1, 0.15) is 11.6 Å². The van der Waals surface area contributed by atoms with Gasteiger partial charge in [0.2, 0.25) is 5.95 Å². The minimum Gasteiger partial charge on any atom is -0.383 e. The van der Waals surface area contributed by atoms with Crippen molar-refractivity contribution in [3.63, 3.8) is 0 Å². The average Bonchev–Trinajstić information content (AvgIpc) is 2.64. The molecule has 0 spiro atoms. The van der Waals surface area contributed by atoms with Gasteiger partial charge < -0.3 is 16.8 Å². The highest BCUT2D eigenvalue weighted by molar-refractivity contribution is 7.99. The van der Waals surface area contributed by atoms with Gasteiger partial charge in [0.25, 0.3) is 0 Å². The van der Waals surface area contributed by atoms with Crippen molar-refractivity contribution in [2.45, 2.75) is 37.5 Å². The highest BCUT2D eigenvalue weighted by atomic mass is 32.2. The fourth-order valence-electron chi connectivity index (χ4n) is 2.23. The van der Waals surface area contributed by atoms with Gasteiger partial charge in [-0.15, -0.1) is 0 Å². The molecule has 0 saturated heterocycles. The second-order valence-electron chi connectivity index (χ2n) is 4.27. The number of nitrogens with two attached hydrogens (primary N) is 2. The van der Waals surface area contributed by atoms with E-state index in [1.807, 2.05) is 11.8 Å². The van der Waals surface area contributed by atoms with Crippen molar-refractivity contribution >= 4 is 29.3 Å². The summed E-state index contributed by atoms with van der Waals surface area (Å²) in [4.78, 5) is 7.99. The van der Waals surface area contributed by atoms with Gasteiger partial charge in [-0.3, -0.25) is 0 Å². The van der Waals surface area contributed by atoms with E-state index in [1.54, 1.807) is 6.07 Å². The molecule has 1 fully saturated rings. The number of thioether (sulfide) groups is 1. The lowest BCUT2D eigenvalue weighted by molar-refractivity contribution is 0.752. The van der Waals surface area contributed by atoms with Crippen LogP contribution in [-0.2, 0) is 0 Å². The average molecular weight is 253 g/mol. The van der Waals surface area contributed by atoms with E-state index >= 15 is 0 Å². The van der Waals surface area contributed by atoms with Crippen LogP contribution in [-0.4, -0.2) is 27.0 Å². The van der Waals surface area contributed by atoms with Crippen molar-refractivity contribution in [2.24, 2.45) is 0 Å². The van der Waals surface area contributed by atoms with E-state index in [0.29, 0.717) is 11.9 Å². The first-order chi connectivity index (χ1) is 8.17. The molecule has 2 rings (SSSR count). The van der Waals surface area contributed by atoms with Crippen LogP contribution in [0.3, 0.4) is 0 Å². The van der Waals surface area contributed by atoms with Gasteiger partial charge in [-0.25, -0.2) is 0 Å². The van der Waals surface area contributed by atoms with Crippen LogP contribution in [0.25, 0.3) is 0 Å². The van der Waals surface area contributed by atoms with E-state index in [0.717, 1.165) is 11.1 Å². The summed E-state index contributed by atoms with van der Waals surface area (Å²) in [6, 6.07) is 2.21. The fourth-order valence-corrected chi connectivity index (χ4v) is 3.37. The van der Waals surface area contributed by atoms with Gasteiger partial charge in [-0.05, 0) is 25.0 Å². The number of aromatic nitrogens is 2. The molecule has 0 amide bonds. The molecular weight excluding hydrogens is 234 g/mol. The largest absolute Gasteiger partial charge is 0.383 e. The molecule has 0 aromatic carbocycles. The first kappa shape index (κ1) is 12.3. The van der Waals surface area contributed by atoms with Crippen molar-refractivity contribution in [3.8, 4) is 0 Å². The number of hydrogen-bond acceptors (Lipinski definition) is 6. The molecule has 94 valence electrons. The molecule has 6 heteroatoms. The maximum atomic E-state index is 5.63. The Morgan fingerprint density at radius 1 is 1.41 bits per heavy atom. The number of nitrogen functional groups attached to an aromatic ring is 2. The zero-order valence-electron chi connectivity index (χ0n) is 10.0. The van der Waals surface area contributed by atoms with Crippen molar-refractivity contribution < 1.29 is 0 Å². The van der Waals surface area contributed by atoms with Gasteiger partial charge in [-0.1, -0.05) is 6.92 Å². The Bertz CT molecular complexity index is 364. The predicted octanol–water partition coefficient (Wildman–Crippen LogP) is 1.73. The van der Waals surface area contributed by atoms with Gasteiger partial charge in [-0.2, -0.15) is 21.7 Å². The molecule has 1 saturated carbocycles. The quantitative estimate of drug-likeness (QED) is 0.757. The van der Waals surface area contributed by atoms with E-state index in [-0.39, 0.29) is 5.95 Å². The molecule has 1 heterocycles. The summed E-state index contributed by atoms with van der Waals surface area (Å²) in [5.41, 5.74) is 11.2. The summed E-state index contributed by atoms with van der Waals surface area (Å²) in [6.45, 7) is 2.21. The smallest absolute Gasteiger partial charge is 0.223 e. The normalized spacial score (nSPS) is 23.8. The van der Waals surface area contributed by atoms with Crippen LogP contribution in [0.15, 0.2) is 6.07 Å². The lowest BCUT2D eigenvalue weighted by Crippen LogP contribution is -2.17. The van der Waals surface area contributed by atoms with Crippen LogP contribution < -0.4 is 16.8 Å². The molecule has 1 aromatic heterocycles. The molecule has 1 aromatic rings. The summed E-state index contributed by atoms with van der Waals surface area (Å²) in [5.74, 6) is 2.56. The van der Waals surface area contributed by atoms with Gasteiger partial charge in [0.15, 0.2) is 0 Å². The standard InChI is InChI=1S/C11H19N5S/c1-2-17-8-4-3-7(5-8)14-10-6-9(12)15-11(13)16-10/h6-8H,2-5H2,1H3,(H5,12,13,14,15,16). The molecule has 1 aliphatic carbocycles. The molecule has 0 bridgehead atoms. The molecule has 2 unspecified atom stereocenters. The fraction of sp³-hybridized carbons (Fsp3) is 0.636. The van der Waals surface area contributed by atoms with Gasteiger partial charge in [0, 0.05) is 17.4 Å². The lowest BCUT2D eigenvalue weighted by atomic mass is 10.2. The van der Waals surface area contributed by atoms with Crippen molar-refractivity contribution in [1.82, 2.24) is 9.97 Å². The predicted molar refractivity (Wildman–Crippen MR) is 74.0 cm³/mol. The molecule has 17 heavy (non-hydrogen) atoms. The minimum atomic E-state index is 0.227. The lowest BCUT2D eigenvalue weighted by Gasteiger charge is -2.14. The Hall–Kier alpha value is -1.17. The summed E-state index contributed by atoms with van der Waals surface area (Å²) in [7, 11) is 0. The van der Waals surface area contributed by atoms with Crippen molar-refractivity contribution in [3.05, 3.63) is 6.07 Å². The zero-order valence-corrected chi connectivity index (χ0v) is 10.8. The summed E-state index contributed by atoms with van der Waals surface area (Å²) in [6.07, 6.45) is 3.63. The Morgan fingerprint density at radius 2 is 2.24 bits per heavy atom. The Kier molecular flexibility index (Phi) is 3.93. The summed E-state index contributed by atoms with van der Waals surface area (Å²) in [5, 5.41) is 4.16. The second-order valence-corrected chi connectivity index (χ2v) is 5.85. The number of anilines is 3. The van der Waals surface area contributed by atoms with E-state index in [2.05, 4.69) is 22.2 Å². The molecule has 5 nitrogen and oxygen atoms in total. The third-order valence-electron chi connectivity index (χ3n) is 2.90. The van der Waals surface area contributed by atoms with Crippen molar-refractivity contribution in [1.29, 1.82) is 0 Å². The highest BCUT2D eigenvalue weighted by Gasteiger charge is 2.24. The molecule has 0 aliphatic heterocycles. The molecule has 1 aliphatic rings. The van der Waals surface area contributed by atoms with Crippen LogP contribution in [0.4, 0.5) is 17.6 Å². The molecule has 2 atom stereocenters. The van der Waals surface area contributed by atoms with E-state index < -0.39 is 0 Å². The number of nitrogens with one attached hydrogen (secondary N) is 1. The monoisotopic (exact) mass is 253 g/mol. The van der Waals surface area contributed by atoms with Crippen LogP contribution in [0.1, 0.15) is 26.2 Å². The third kappa shape index (κ3) is 3.39. The van der Waals surface area contributed by atoms with E-state index in [4.69, 9.17) is 11.5 Å². The van der Waals surface area contributed by atoms with Crippen LogP contribution in [0.5, 0.6) is 0 Å². The van der Waals surface area contributed by atoms with Crippen LogP contribution >= 0.6 is 11.8 Å². The first-order valence-electron chi connectivity index (χ1n) is 5.95. The summed E-state index contributed by atoms with van der Waals surface area (Å²) >= 11 is 2.04. The third-order valence-corrected chi connectivity index (χ3v) is 4.14. The first-order valence-corrected chi connectivity index (χ1v) is 7.00. The topological polar surface area (TPSA) is 89.8 Å². The molecule has 0 radical (unpaired) electrons.